The molecule has 1 aromatic heterocycles. The zero-order valence-corrected chi connectivity index (χ0v) is 12.3. The lowest BCUT2D eigenvalue weighted by Gasteiger charge is -2.26. The Labute approximate surface area is 116 Å². The minimum atomic E-state index is 0.594. The van der Waals surface area contributed by atoms with Crippen LogP contribution in [0, 0.1) is 17.8 Å². The summed E-state index contributed by atoms with van der Waals surface area (Å²) in [7, 11) is 2.11. The third-order valence-electron chi connectivity index (χ3n) is 5.45. The van der Waals surface area contributed by atoms with Crippen molar-refractivity contribution in [2.75, 3.05) is 7.05 Å². The van der Waals surface area contributed by atoms with Gasteiger partial charge in [0.05, 0.1) is 0 Å². The minimum absolute atomic E-state index is 0.594. The largest absolute Gasteiger partial charge is 0.335 e. The normalized spacial score (nSPS) is 30.9. The van der Waals surface area contributed by atoms with E-state index in [2.05, 4.69) is 35.0 Å². The number of hydrogen-bond acceptors (Lipinski definition) is 2. The Hall–Kier alpha value is -0.830. The van der Waals surface area contributed by atoms with E-state index < -0.39 is 0 Å². The van der Waals surface area contributed by atoms with E-state index in [1.165, 1.54) is 37.9 Å². The van der Waals surface area contributed by atoms with Crippen LogP contribution in [0.2, 0.25) is 0 Å². The predicted molar refractivity (Wildman–Crippen MR) is 78.0 cm³/mol. The second-order valence-corrected chi connectivity index (χ2v) is 6.49. The quantitative estimate of drug-likeness (QED) is 0.853. The first kappa shape index (κ1) is 13.2. The molecule has 0 spiro atoms. The highest BCUT2D eigenvalue weighted by atomic mass is 15.1. The molecule has 3 nitrogen and oxygen atoms in total. The van der Waals surface area contributed by atoms with Crippen molar-refractivity contribution >= 4 is 0 Å². The zero-order valence-electron chi connectivity index (χ0n) is 12.3. The molecule has 4 atom stereocenters. The summed E-state index contributed by atoms with van der Waals surface area (Å²) in [6, 6.07) is 0.594. The molecule has 19 heavy (non-hydrogen) atoms. The van der Waals surface area contributed by atoms with Crippen molar-refractivity contribution in [1.29, 1.82) is 0 Å². The van der Waals surface area contributed by atoms with Gasteiger partial charge in [-0.25, -0.2) is 4.98 Å². The van der Waals surface area contributed by atoms with E-state index in [9.17, 15) is 0 Å². The average molecular weight is 261 g/mol. The topological polar surface area (TPSA) is 29.9 Å². The average Bonchev–Trinajstić information content (AvgIpc) is 3.13. The van der Waals surface area contributed by atoms with Crippen molar-refractivity contribution in [3.63, 3.8) is 0 Å². The number of fused-ring (bicyclic) bond motifs is 2. The van der Waals surface area contributed by atoms with Crippen molar-refractivity contribution < 1.29 is 0 Å². The van der Waals surface area contributed by atoms with Gasteiger partial charge in [-0.1, -0.05) is 6.42 Å². The number of hydrogen-bond donors (Lipinski definition) is 1. The maximum absolute atomic E-state index is 4.52. The van der Waals surface area contributed by atoms with Gasteiger partial charge in [0.2, 0.25) is 0 Å². The standard InChI is InChI=1S/C16H27N3/c1-3-19-7-6-18-16(19)11-15(17-2)10-14-9-12-4-5-13(14)8-12/h6-7,12-15,17H,3-5,8-11H2,1-2H3. The van der Waals surface area contributed by atoms with Crippen LogP contribution < -0.4 is 5.32 Å². The van der Waals surface area contributed by atoms with Crippen molar-refractivity contribution in [3.05, 3.63) is 18.2 Å². The fourth-order valence-corrected chi connectivity index (χ4v) is 4.37. The van der Waals surface area contributed by atoms with Gasteiger partial charge < -0.3 is 9.88 Å². The number of aryl methyl sites for hydroxylation is 1. The number of likely N-dealkylation sites (N-methyl/N-ethyl adjacent to an activating group) is 1. The Bertz CT molecular complexity index is 412. The van der Waals surface area contributed by atoms with Crippen LogP contribution in [0.5, 0.6) is 0 Å². The van der Waals surface area contributed by atoms with Crippen LogP contribution in [0.1, 0.15) is 44.9 Å². The van der Waals surface area contributed by atoms with Crippen LogP contribution in [-0.2, 0) is 13.0 Å². The second-order valence-electron chi connectivity index (χ2n) is 6.49. The molecular weight excluding hydrogens is 234 g/mol. The van der Waals surface area contributed by atoms with Crippen LogP contribution >= 0.6 is 0 Å². The fourth-order valence-electron chi connectivity index (χ4n) is 4.37. The SMILES string of the molecule is CCn1ccnc1CC(CC1CC2CCC1C2)NC. The predicted octanol–water partition coefficient (Wildman–Crippen LogP) is 2.86. The van der Waals surface area contributed by atoms with E-state index in [0.717, 1.165) is 30.7 Å². The molecule has 2 bridgehead atoms. The smallest absolute Gasteiger partial charge is 0.110 e. The lowest BCUT2D eigenvalue weighted by Crippen LogP contribution is -2.32. The molecule has 2 fully saturated rings. The lowest BCUT2D eigenvalue weighted by molar-refractivity contribution is 0.280. The summed E-state index contributed by atoms with van der Waals surface area (Å²) < 4.78 is 2.27. The number of aromatic nitrogens is 2. The van der Waals surface area contributed by atoms with Gasteiger partial charge in [-0.2, -0.15) is 0 Å². The molecule has 2 aliphatic rings. The van der Waals surface area contributed by atoms with Crippen LogP contribution in [-0.4, -0.2) is 22.6 Å². The molecule has 3 rings (SSSR count). The summed E-state index contributed by atoms with van der Waals surface area (Å²) in [6.07, 6.45) is 12.5. The van der Waals surface area contributed by atoms with Gasteiger partial charge in [0.1, 0.15) is 5.82 Å². The van der Waals surface area contributed by atoms with Crippen LogP contribution in [0.25, 0.3) is 0 Å². The number of imidazole rings is 1. The highest BCUT2D eigenvalue weighted by molar-refractivity contribution is 4.98. The summed E-state index contributed by atoms with van der Waals surface area (Å²) in [5.41, 5.74) is 0. The van der Waals surface area contributed by atoms with Crippen LogP contribution in [0.3, 0.4) is 0 Å². The summed E-state index contributed by atoms with van der Waals surface area (Å²) in [4.78, 5) is 4.52. The van der Waals surface area contributed by atoms with Gasteiger partial charge in [-0.05, 0) is 57.4 Å². The first-order chi connectivity index (χ1) is 9.30. The van der Waals surface area contributed by atoms with Gasteiger partial charge in [-0.3, -0.25) is 0 Å². The van der Waals surface area contributed by atoms with Gasteiger partial charge in [-0.15, -0.1) is 0 Å². The molecule has 0 aliphatic heterocycles. The van der Waals surface area contributed by atoms with E-state index in [4.69, 9.17) is 0 Å². The molecule has 1 N–H and O–H groups in total. The first-order valence-electron chi connectivity index (χ1n) is 7.97. The Kier molecular flexibility index (Phi) is 3.92. The molecule has 106 valence electrons. The molecular formula is C16H27N3. The molecule has 2 saturated carbocycles. The van der Waals surface area contributed by atoms with Gasteiger partial charge >= 0.3 is 0 Å². The fraction of sp³-hybridized carbons (Fsp3) is 0.812. The Morgan fingerprint density at radius 3 is 2.95 bits per heavy atom. The van der Waals surface area contributed by atoms with Gasteiger partial charge in [0.25, 0.3) is 0 Å². The first-order valence-corrected chi connectivity index (χ1v) is 7.97. The molecule has 2 aliphatic carbocycles. The number of nitrogens with zero attached hydrogens (tertiary/aromatic N) is 2. The van der Waals surface area contributed by atoms with Crippen molar-refractivity contribution in [3.8, 4) is 0 Å². The summed E-state index contributed by atoms with van der Waals surface area (Å²) in [5, 5.41) is 3.52. The number of nitrogens with one attached hydrogen (secondary N) is 1. The maximum atomic E-state index is 4.52. The molecule has 3 heteroatoms. The Morgan fingerprint density at radius 2 is 2.32 bits per heavy atom. The molecule has 0 aromatic carbocycles. The van der Waals surface area contributed by atoms with Gasteiger partial charge in [0, 0.05) is 31.4 Å². The second kappa shape index (κ2) is 5.66. The molecule has 1 heterocycles. The minimum Gasteiger partial charge on any atom is -0.335 e. The third kappa shape index (κ3) is 2.71. The van der Waals surface area contributed by atoms with E-state index >= 15 is 0 Å². The lowest BCUT2D eigenvalue weighted by atomic mass is 9.83. The molecule has 1 aromatic rings. The number of rotatable bonds is 6. The molecule has 0 radical (unpaired) electrons. The van der Waals surface area contributed by atoms with Crippen LogP contribution in [0.4, 0.5) is 0 Å². The van der Waals surface area contributed by atoms with E-state index in [1.54, 1.807) is 0 Å². The van der Waals surface area contributed by atoms with Crippen LogP contribution in [0.15, 0.2) is 12.4 Å². The summed E-state index contributed by atoms with van der Waals surface area (Å²) >= 11 is 0. The van der Waals surface area contributed by atoms with Crippen molar-refractivity contribution in [2.24, 2.45) is 17.8 Å². The summed E-state index contributed by atoms with van der Waals surface area (Å²) in [6.45, 7) is 3.22. The van der Waals surface area contributed by atoms with Crippen molar-refractivity contribution in [2.45, 2.75) is 58.0 Å². The van der Waals surface area contributed by atoms with E-state index in [0.29, 0.717) is 6.04 Å². The Morgan fingerprint density at radius 1 is 1.42 bits per heavy atom. The summed E-state index contributed by atoms with van der Waals surface area (Å²) in [5.74, 6) is 4.31. The highest BCUT2D eigenvalue weighted by Gasteiger charge is 2.39. The monoisotopic (exact) mass is 261 g/mol. The van der Waals surface area contributed by atoms with E-state index in [1.807, 2.05) is 6.20 Å². The highest BCUT2D eigenvalue weighted by Crippen LogP contribution is 2.49. The third-order valence-corrected chi connectivity index (χ3v) is 5.45. The van der Waals surface area contributed by atoms with E-state index in [-0.39, 0.29) is 0 Å². The molecule has 0 amide bonds. The van der Waals surface area contributed by atoms with Gasteiger partial charge in [0.15, 0.2) is 0 Å². The molecule has 4 unspecified atom stereocenters. The maximum Gasteiger partial charge on any atom is 0.110 e. The molecule has 0 saturated heterocycles. The van der Waals surface area contributed by atoms with Crippen molar-refractivity contribution in [1.82, 2.24) is 14.9 Å². The zero-order chi connectivity index (χ0) is 13.2. The Balaban J connectivity index is 1.59.